The zero-order valence-corrected chi connectivity index (χ0v) is 21.2. The molecule has 2 heterocycles. The van der Waals surface area contributed by atoms with Crippen LogP contribution in [0.25, 0.3) is 11.3 Å². The summed E-state index contributed by atoms with van der Waals surface area (Å²) in [5.74, 6) is -1.77. The number of aryl methyl sites for hydroxylation is 1. The van der Waals surface area contributed by atoms with Crippen molar-refractivity contribution in [3.8, 4) is 11.3 Å². The summed E-state index contributed by atoms with van der Waals surface area (Å²) in [5.41, 5.74) is 3.96. The van der Waals surface area contributed by atoms with E-state index in [2.05, 4.69) is 10.6 Å². The van der Waals surface area contributed by atoms with Gasteiger partial charge in [-0.2, -0.15) is 0 Å². The number of ether oxygens (including phenoxy) is 2. The zero-order chi connectivity index (χ0) is 25.2. The van der Waals surface area contributed by atoms with Crippen LogP contribution in [0, 0.1) is 12.8 Å². The summed E-state index contributed by atoms with van der Waals surface area (Å²) in [7, 11) is 2.69. The number of nitrogens with zero attached hydrogens (tertiary/aromatic N) is 1. The van der Waals surface area contributed by atoms with E-state index >= 15 is 0 Å². The second kappa shape index (κ2) is 9.92. The molecule has 0 saturated carbocycles. The number of hydrogen-bond donors (Lipinski definition) is 2. The molecule has 1 aromatic heterocycles. The van der Waals surface area contributed by atoms with Gasteiger partial charge in [-0.1, -0.05) is 54.6 Å². The van der Waals surface area contributed by atoms with Gasteiger partial charge in [-0.05, 0) is 31.9 Å². The largest absolute Gasteiger partial charge is 0.469 e. The van der Waals surface area contributed by atoms with Crippen molar-refractivity contribution in [2.75, 3.05) is 19.5 Å². The lowest BCUT2D eigenvalue weighted by molar-refractivity contribution is -0.149. The molecule has 4 rings (SSSR count). The third kappa shape index (κ3) is 4.53. The van der Waals surface area contributed by atoms with Crippen LogP contribution in [0.3, 0.4) is 0 Å². The maximum atomic E-state index is 13.3. The number of nitrogens with one attached hydrogen (secondary N) is 2. The summed E-state index contributed by atoms with van der Waals surface area (Å²) in [6.07, 6.45) is 0. The van der Waals surface area contributed by atoms with Gasteiger partial charge >= 0.3 is 11.9 Å². The van der Waals surface area contributed by atoms with Crippen LogP contribution < -0.4 is 10.6 Å². The highest BCUT2D eigenvalue weighted by atomic mass is 32.1. The first kappa shape index (κ1) is 24.5. The summed E-state index contributed by atoms with van der Waals surface area (Å²) >= 11 is 1.42. The number of hydrogen-bond acceptors (Lipinski definition) is 8. The lowest BCUT2D eigenvalue weighted by Gasteiger charge is -2.46. The van der Waals surface area contributed by atoms with E-state index in [9.17, 15) is 9.59 Å². The smallest absolute Gasteiger partial charge is 0.337 e. The van der Waals surface area contributed by atoms with E-state index in [4.69, 9.17) is 14.5 Å². The van der Waals surface area contributed by atoms with Gasteiger partial charge in [0.05, 0.1) is 37.1 Å². The van der Waals surface area contributed by atoms with Crippen molar-refractivity contribution in [3.63, 3.8) is 0 Å². The minimum Gasteiger partial charge on any atom is -0.469 e. The molecule has 0 bridgehead atoms. The number of esters is 2. The van der Waals surface area contributed by atoms with E-state index in [1.54, 1.807) is 0 Å². The highest BCUT2D eigenvalue weighted by Gasteiger charge is 2.52. The van der Waals surface area contributed by atoms with Crippen molar-refractivity contribution < 1.29 is 19.1 Å². The van der Waals surface area contributed by atoms with Crippen molar-refractivity contribution in [2.24, 2.45) is 5.92 Å². The second-order valence-corrected chi connectivity index (χ2v) is 9.56. The van der Waals surface area contributed by atoms with Gasteiger partial charge in [0, 0.05) is 16.6 Å². The summed E-state index contributed by atoms with van der Waals surface area (Å²) in [6.45, 7) is 5.79. The van der Waals surface area contributed by atoms with Crippen molar-refractivity contribution in [1.82, 2.24) is 10.3 Å². The number of carbonyl (C=O) groups excluding carboxylic acids is 2. The van der Waals surface area contributed by atoms with Crippen molar-refractivity contribution in [1.29, 1.82) is 0 Å². The van der Waals surface area contributed by atoms with Gasteiger partial charge in [0.15, 0.2) is 5.13 Å². The molecule has 0 fully saturated rings. The number of methoxy groups -OCH3 is 2. The number of thiazole rings is 1. The molecule has 2 aromatic carbocycles. The van der Waals surface area contributed by atoms with Gasteiger partial charge in [-0.25, -0.2) is 9.78 Å². The fourth-order valence-electron chi connectivity index (χ4n) is 4.81. The Balaban J connectivity index is 1.82. The normalized spacial score (nSPS) is 21.7. The molecule has 0 aliphatic carbocycles. The van der Waals surface area contributed by atoms with Crippen LogP contribution in [0.4, 0.5) is 5.13 Å². The molecule has 0 radical (unpaired) electrons. The van der Waals surface area contributed by atoms with Crippen LogP contribution in [-0.4, -0.2) is 37.2 Å². The summed E-state index contributed by atoms with van der Waals surface area (Å²) in [4.78, 5) is 31.0. The molecule has 1 aliphatic rings. The molecule has 8 heteroatoms. The Bertz CT molecular complexity index is 1270. The SMILES string of the molecule is COC(=O)C1=C(C)NC(C)(c2ccccc2)C(C(=O)OC)C1Nc1nc(-c2ccccc2C)cs1. The average Bonchev–Trinajstić information content (AvgIpc) is 3.32. The average molecular weight is 492 g/mol. The summed E-state index contributed by atoms with van der Waals surface area (Å²) in [5, 5.41) is 9.35. The van der Waals surface area contributed by atoms with E-state index in [0.717, 1.165) is 22.4 Å². The number of aromatic nitrogens is 1. The fourth-order valence-corrected chi connectivity index (χ4v) is 5.55. The predicted octanol–water partition coefficient (Wildman–Crippen LogP) is 4.65. The van der Waals surface area contributed by atoms with Crippen molar-refractivity contribution >= 4 is 28.4 Å². The molecule has 0 saturated heterocycles. The van der Waals surface area contributed by atoms with Gasteiger partial charge in [-0.3, -0.25) is 4.79 Å². The number of anilines is 1. The number of benzene rings is 2. The minimum atomic E-state index is -0.857. The van der Waals surface area contributed by atoms with Crippen LogP contribution in [0.15, 0.2) is 71.2 Å². The molecule has 3 atom stereocenters. The van der Waals surface area contributed by atoms with Gasteiger partial charge in [0.25, 0.3) is 0 Å². The van der Waals surface area contributed by atoms with E-state index in [1.807, 2.05) is 80.7 Å². The molecular weight excluding hydrogens is 462 g/mol. The first-order valence-electron chi connectivity index (χ1n) is 11.3. The Labute approximate surface area is 209 Å². The lowest BCUT2D eigenvalue weighted by atomic mass is 9.70. The standard InChI is InChI=1S/C27H29N3O4S/c1-16-11-9-10-14-19(16)20-15-35-26(28-20)29-23-21(24(31)33-4)17(2)30-27(3,22(23)25(32)34-5)18-12-7-6-8-13-18/h6-15,22-23,30H,1-5H3,(H,28,29). The Hall–Kier alpha value is -3.65. The van der Waals surface area contributed by atoms with Crippen molar-refractivity contribution in [3.05, 3.63) is 82.4 Å². The Morgan fingerprint density at radius 3 is 2.37 bits per heavy atom. The van der Waals surface area contributed by atoms with E-state index in [-0.39, 0.29) is 0 Å². The van der Waals surface area contributed by atoms with E-state index in [0.29, 0.717) is 16.4 Å². The number of allylic oxidation sites excluding steroid dienone is 1. The Kier molecular flexibility index (Phi) is 6.93. The molecule has 1 aliphatic heterocycles. The monoisotopic (exact) mass is 491 g/mol. The Morgan fingerprint density at radius 2 is 1.71 bits per heavy atom. The van der Waals surface area contributed by atoms with Crippen molar-refractivity contribution in [2.45, 2.75) is 32.4 Å². The van der Waals surface area contributed by atoms with Crippen LogP contribution in [0.1, 0.15) is 25.0 Å². The molecule has 3 unspecified atom stereocenters. The number of carbonyl (C=O) groups is 2. The summed E-state index contributed by atoms with van der Waals surface area (Å²) < 4.78 is 10.4. The molecule has 35 heavy (non-hydrogen) atoms. The molecule has 0 spiro atoms. The van der Waals surface area contributed by atoms with Crippen LogP contribution in [0.5, 0.6) is 0 Å². The third-order valence-electron chi connectivity index (χ3n) is 6.56. The maximum Gasteiger partial charge on any atom is 0.337 e. The highest BCUT2D eigenvalue weighted by molar-refractivity contribution is 7.14. The molecule has 7 nitrogen and oxygen atoms in total. The number of rotatable bonds is 6. The molecular formula is C27H29N3O4S. The first-order chi connectivity index (χ1) is 16.8. The maximum absolute atomic E-state index is 13.3. The van der Waals surface area contributed by atoms with Gasteiger partial charge < -0.3 is 20.1 Å². The summed E-state index contributed by atoms with van der Waals surface area (Å²) in [6, 6.07) is 16.9. The van der Waals surface area contributed by atoms with Gasteiger partial charge in [-0.15, -0.1) is 11.3 Å². The zero-order valence-electron chi connectivity index (χ0n) is 20.4. The second-order valence-electron chi connectivity index (χ2n) is 8.70. The molecule has 0 amide bonds. The molecule has 182 valence electrons. The lowest BCUT2D eigenvalue weighted by Crippen LogP contribution is -2.60. The van der Waals surface area contributed by atoms with Crippen LogP contribution in [0.2, 0.25) is 0 Å². The highest BCUT2D eigenvalue weighted by Crippen LogP contribution is 2.42. The van der Waals surface area contributed by atoms with Crippen LogP contribution >= 0.6 is 11.3 Å². The Morgan fingerprint density at radius 1 is 1.03 bits per heavy atom. The quantitative estimate of drug-likeness (QED) is 0.485. The fraction of sp³-hybridized carbons (Fsp3) is 0.296. The predicted molar refractivity (Wildman–Crippen MR) is 137 cm³/mol. The molecule has 3 aromatic rings. The van der Waals surface area contributed by atoms with Gasteiger partial charge in [0.1, 0.15) is 5.92 Å². The van der Waals surface area contributed by atoms with E-state index in [1.165, 1.54) is 25.6 Å². The first-order valence-corrected chi connectivity index (χ1v) is 12.2. The topological polar surface area (TPSA) is 89.5 Å². The van der Waals surface area contributed by atoms with Gasteiger partial charge in [0.2, 0.25) is 0 Å². The van der Waals surface area contributed by atoms with E-state index < -0.39 is 29.4 Å². The van der Waals surface area contributed by atoms with Crippen LogP contribution in [-0.2, 0) is 24.6 Å². The minimum absolute atomic E-state index is 0.337. The molecule has 2 N–H and O–H groups in total. The third-order valence-corrected chi connectivity index (χ3v) is 7.33.